The first-order valence-corrected chi connectivity index (χ1v) is 8.96. The van der Waals surface area contributed by atoms with E-state index in [1.807, 2.05) is 0 Å². The number of esters is 1. The van der Waals surface area contributed by atoms with Gasteiger partial charge in [0.25, 0.3) is 5.91 Å². The molecule has 128 valence electrons. The fourth-order valence-corrected chi connectivity index (χ4v) is 4.29. The number of carbonyl (C=O) groups is 2. The number of halogens is 1. The van der Waals surface area contributed by atoms with E-state index in [0.717, 1.165) is 25.7 Å². The summed E-state index contributed by atoms with van der Waals surface area (Å²) in [6.07, 6.45) is 4.98. The van der Waals surface area contributed by atoms with Crippen molar-refractivity contribution in [2.75, 3.05) is 7.11 Å². The Morgan fingerprint density at radius 3 is 2.54 bits per heavy atom. The minimum absolute atomic E-state index is 0.345. The van der Waals surface area contributed by atoms with Gasteiger partial charge in [-0.1, -0.05) is 31.7 Å². The van der Waals surface area contributed by atoms with Crippen LogP contribution in [0.15, 0.2) is 24.3 Å². The topological polar surface area (TPSA) is 55.4 Å². The number of benzene rings is 1. The number of nitrogens with one attached hydrogen (secondary N) is 1. The number of carbonyl (C=O) groups excluding carboxylic acids is 2. The van der Waals surface area contributed by atoms with Crippen LogP contribution in [0.1, 0.15) is 48.2 Å². The molecule has 1 amide bonds. The van der Waals surface area contributed by atoms with Crippen LogP contribution in [0.3, 0.4) is 0 Å². The second-order valence-electron chi connectivity index (χ2n) is 6.20. The second kappa shape index (κ2) is 6.89. The molecule has 1 fully saturated rings. The number of fused-ring (bicyclic) bond motifs is 1. The maximum Gasteiger partial charge on any atom is 0.331 e. The standard InChI is InChI=1S/C18H20FNO3S/c1-23-17(22)18(9-4-2-3-5-10-18)20-16(21)15-11-12-13(19)7-6-8-14(12)24-15/h6-8,11H,2-5,9-10H2,1H3,(H,20,21). The van der Waals surface area contributed by atoms with Crippen molar-refractivity contribution in [1.29, 1.82) is 0 Å². The lowest BCUT2D eigenvalue weighted by Crippen LogP contribution is -2.54. The lowest BCUT2D eigenvalue weighted by molar-refractivity contribution is -0.148. The summed E-state index contributed by atoms with van der Waals surface area (Å²) in [6.45, 7) is 0. The molecule has 1 heterocycles. The van der Waals surface area contributed by atoms with Crippen LogP contribution in [-0.2, 0) is 9.53 Å². The van der Waals surface area contributed by atoms with Crippen molar-refractivity contribution in [3.05, 3.63) is 35.0 Å². The van der Waals surface area contributed by atoms with Gasteiger partial charge in [0.05, 0.1) is 12.0 Å². The van der Waals surface area contributed by atoms with E-state index in [2.05, 4.69) is 5.32 Å². The van der Waals surface area contributed by atoms with Crippen LogP contribution in [-0.4, -0.2) is 24.5 Å². The highest BCUT2D eigenvalue weighted by atomic mass is 32.1. The molecule has 0 atom stereocenters. The van der Waals surface area contributed by atoms with E-state index >= 15 is 0 Å². The van der Waals surface area contributed by atoms with Crippen molar-refractivity contribution in [2.45, 2.75) is 44.1 Å². The van der Waals surface area contributed by atoms with Crippen molar-refractivity contribution in [2.24, 2.45) is 0 Å². The number of methoxy groups -OCH3 is 1. The smallest absolute Gasteiger partial charge is 0.331 e. The molecule has 0 unspecified atom stereocenters. The highest BCUT2D eigenvalue weighted by Crippen LogP contribution is 2.31. The summed E-state index contributed by atoms with van der Waals surface area (Å²) in [5.41, 5.74) is -0.975. The Hall–Kier alpha value is -1.95. The largest absolute Gasteiger partial charge is 0.467 e. The first-order valence-electron chi connectivity index (χ1n) is 8.15. The normalized spacial score (nSPS) is 17.2. The van der Waals surface area contributed by atoms with Gasteiger partial charge in [-0.05, 0) is 31.0 Å². The molecule has 3 rings (SSSR count). The van der Waals surface area contributed by atoms with Crippen LogP contribution in [0.2, 0.25) is 0 Å². The molecule has 1 N–H and O–H groups in total. The van der Waals surface area contributed by atoms with E-state index in [-0.39, 0.29) is 11.7 Å². The lowest BCUT2D eigenvalue weighted by atomic mass is 9.90. The molecular weight excluding hydrogens is 329 g/mol. The molecule has 0 saturated heterocycles. The predicted molar refractivity (Wildman–Crippen MR) is 91.7 cm³/mol. The first kappa shape index (κ1) is 16.9. The van der Waals surface area contributed by atoms with Gasteiger partial charge in [-0.2, -0.15) is 0 Å². The highest BCUT2D eigenvalue weighted by molar-refractivity contribution is 7.20. The fourth-order valence-electron chi connectivity index (χ4n) is 3.32. The zero-order valence-electron chi connectivity index (χ0n) is 13.6. The van der Waals surface area contributed by atoms with Crippen molar-refractivity contribution in [3.63, 3.8) is 0 Å². The number of ether oxygens (including phenoxy) is 1. The SMILES string of the molecule is COC(=O)C1(NC(=O)c2cc3c(F)cccc3s2)CCCCCC1. The second-order valence-corrected chi connectivity index (χ2v) is 7.29. The molecule has 1 saturated carbocycles. The van der Waals surface area contributed by atoms with E-state index in [1.54, 1.807) is 18.2 Å². The molecule has 24 heavy (non-hydrogen) atoms. The van der Waals surface area contributed by atoms with E-state index in [4.69, 9.17) is 4.74 Å². The summed E-state index contributed by atoms with van der Waals surface area (Å²) in [4.78, 5) is 25.4. The Morgan fingerprint density at radius 2 is 1.92 bits per heavy atom. The molecule has 0 spiro atoms. The van der Waals surface area contributed by atoms with Crippen LogP contribution < -0.4 is 5.32 Å². The third-order valence-electron chi connectivity index (χ3n) is 4.62. The van der Waals surface area contributed by atoms with Gasteiger partial charge in [-0.25, -0.2) is 9.18 Å². The molecule has 4 nitrogen and oxygen atoms in total. The Balaban J connectivity index is 1.89. The van der Waals surface area contributed by atoms with E-state index < -0.39 is 11.5 Å². The minimum atomic E-state index is -0.975. The highest BCUT2D eigenvalue weighted by Gasteiger charge is 2.41. The third kappa shape index (κ3) is 3.15. The van der Waals surface area contributed by atoms with E-state index in [0.29, 0.717) is 27.8 Å². The number of hydrogen-bond donors (Lipinski definition) is 1. The fraction of sp³-hybridized carbons (Fsp3) is 0.444. The summed E-state index contributed by atoms with van der Waals surface area (Å²) in [5.74, 6) is -1.09. The monoisotopic (exact) mass is 349 g/mol. The van der Waals surface area contributed by atoms with Crippen LogP contribution >= 0.6 is 11.3 Å². The van der Waals surface area contributed by atoms with Crippen molar-refractivity contribution in [3.8, 4) is 0 Å². The van der Waals surface area contributed by atoms with Gasteiger partial charge >= 0.3 is 5.97 Å². The molecule has 1 aromatic carbocycles. The maximum atomic E-state index is 13.8. The average molecular weight is 349 g/mol. The summed E-state index contributed by atoms with van der Waals surface area (Å²) in [6, 6.07) is 6.32. The molecular formula is C18H20FNO3S. The number of hydrogen-bond acceptors (Lipinski definition) is 4. The maximum absolute atomic E-state index is 13.8. The van der Waals surface area contributed by atoms with Crippen LogP contribution in [0.4, 0.5) is 4.39 Å². The third-order valence-corrected chi connectivity index (χ3v) is 5.72. The molecule has 1 aliphatic carbocycles. The van der Waals surface area contributed by atoms with Gasteiger partial charge in [-0.15, -0.1) is 11.3 Å². The van der Waals surface area contributed by atoms with Gasteiger partial charge in [-0.3, -0.25) is 4.79 Å². The molecule has 0 aliphatic heterocycles. The summed E-state index contributed by atoms with van der Waals surface area (Å²) in [5, 5.41) is 3.33. The predicted octanol–water partition coefficient (Wildman–Crippen LogP) is 4.04. The number of rotatable bonds is 3. The Labute approximate surface area is 144 Å². The van der Waals surface area contributed by atoms with Gasteiger partial charge < -0.3 is 10.1 Å². The first-order chi connectivity index (χ1) is 11.6. The van der Waals surface area contributed by atoms with Crippen molar-refractivity contribution < 1.29 is 18.7 Å². The van der Waals surface area contributed by atoms with Gasteiger partial charge in [0.1, 0.15) is 11.4 Å². The van der Waals surface area contributed by atoms with Crippen molar-refractivity contribution in [1.82, 2.24) is 5.32 Å². The zero-order valence-corrected chi connectivity index (χ0v) is 14.4. The Bertz CT molecular complexity index is 763. The quantitative estimate of drug-likeness (QED) is 0.672. The number of amides is 1. The molecule has 1 aromatic heterocycles. The van der Waals surface area contributed by atoms with Crippen LogP contribution in [0.5, 0.6) is 0 Å². The van der Waals surface area contributed by atoms with Gasteiger partial charge in [0.2, 0.25) is 0 Å². The molecule has 1 aliphatic rings. The molecule has 2 aromatic rings. The average Bonchev–Trinajstić information content (AvgIpc) is 2.89. The minimum Gasteiger partial charge on any atom is -0.467 e. The van der Waals surface area contributed by atoms with E-state index in [1.165, 1.54) is 24.5 Å². The Kier molecular flexibility index (Phi) is 4.85. The van der Waals surface area contributed by atoms with Crippen LogP contribution in [0, 0.1) is 5.82 Å². The zero-order chi connectivity index (χ0) is 17.2. The van der Waals surface area contributed by atoms with Gasteiger partial charge in [0, 0.05) is 10.1 Å². The molecule has 0 radical (unpaired) electrons. The summed E-state index contributed by atoms with van der Waals surface area (Å²) in [7, 11) is 1.34. The summed E-state index contributed by atoms with van der Waals surface area (Å²) < 4.78 is 19.5. The van der Waals surface area contributed by atoms with E-state index in [9.17, 15) is 14.0 Å². The van der Waals surface area contributed by atoms with Gasteiger partial charge in [0.15, 0.2) is 0 Å². The molecule has 6 heteroatoms. The number of thiophene rings is 1. The summed E-state index contributed by atoms with van der Waals surface area (Å²) >= 11 is 1.23. The van der Waals surface area contributed by atoms with Crippen LogP contribution in [0.25, 0.3) is 10.1 Å². The molecule has 0 bridgehead atoms. The Morgan fingerprint density at radius 1 is 1.21 bits per heavy atom. The lowest BCUT2D eigenvalue weighted by Gasteiger charge is -2.30. The van der Waals surface area contributed by atoms with Crippen molar-refractivity contribution >= 4 is 33.3 Å².